The highest BCUT2D eigenvalue weighted by molar-refractivity contribution is 7.92. The van der Waals surface area contributed by atoms with Crippen molar-refractivity contribution in [3.05, 3.63) is 82.3 Å². The molecule has 3 aromatic rings. The third-order valence-corrected chi connectivity index (χ3v) is 9.02. The highest BCUT2D eigenvalue weighted by atomic mass is 35.5. The molecule has 0 radical (unpaired) electrons. The van der Waals surface area contributed by atoms with E-state index in [0.717, 1.165) is 17.1 Å². The Labute approximate surface area is 257 Å². The molecule has 9 nitrogen and oxygen atoms in total. The lowest BCUT2D eigenvalue weighted by molar-refractivity contribution is -0.139. The number of anilines is 1. The molecule has 0 bridgehead atoms. The van der Waals surface area contributed by atoms with Crippen LogP contribution in [0.4, 0.5) is 5.69 Å². The van der Waals surface area contributed by atoms with Crippen LogP contribution in [0.3, 0.4) is 0 Å². The summed E-state index contributed by atoms with van der Waals surface area (Å²) >= 11 is 12.5. The average molecular weight is 637 g/mol. The number of benzene rings is 3. The van der Waals surface area contributed by atoms with Crippen molar-refractivity contribution in [1.29, 1.82) is 0 Å². The first-order chi connectivity index (χ1) is 20.0. The molecule has 0 aliphatic rings. The molecule has 0 aliphatic heterocycles. The van der Waals surface area contributed by atoms with E-state index in [1.165, 1.54) is 61.6 Å². The number of methoxy groups -OCH3 is 2. The Balaban J connectivity index is 2.05. The van der Waals surface area contributed by atoms with E-state index in [2.05, 4.69) is 5.32 Å². The van der Waals surface area contributed by atoms with Crippen LogP contribution in [0, 0.1) is 0 Å². The van der Waals surface area contributed by atoms with Gasteiger partial charge in [-0.1, -0.05) is 54.7 Å². The molecule has 1 atom stereocenters. The molecule has 12 heteroatoms. The minimum atomic E-state index is -4.32. The lowest BCUT2D eigenvalue weighted by Gasteiger charge is -2.32. The van der Waals surface area contributed by atoms with E-state index in [-0.39, 0.29) is 28.8 Å². The second-order valence-corrected chi connectivity index (χ2v) is 12.1. The zero-order chi connectivity index (χ0) is 30.9. The van der Waals surface area contributed by atoms with E-state index in [0.29, 0.717) is 27.9 Å². The molecule has 1 N–H and O–H groups in total. The highest BCUT2D eigenvalue weighted by Gasteiger charge is 2.33. The minimum Gasteiger partial charge on any atom is -0.493 e. The summed E-state index contributed by atoms with van der Waals surface area (Å²) < 4.78 is 39.7. The van der Waals surface area contributed by atoms with Crippen LogP contribution < -0.4 is 19.1 Å². The van der Waals surface area contributed by atoms with E-state index in [4.69, 9.17) is 32.7 Å². The largest absolute Gasteiger partial charge is 0.493 e. The summed E-state index contributed by atoms with van der Waals surface area (Å²) in [6.45, 7) is 3.46. The van der Waals surface area contributed by atoms with Crippen molar-refractivity contribution < 1.29 is 27.5 Å². The molecule has 226 valence electrons. The van der Waals surface area contributed by atoms with Gasteiger partial charge < -0.3 is 19.7 Å². The van der Waals surface area contributed by atoms with Gasteiger partial charge in [-0.25, -0.2) is 8.42 Å². The Morgan fingerprint density at radius 1 is 0.952 bits per heavy atom. The molecule has 42 heavy (non-hydrogen) atoms. The third kappa shape index (κ3) is 8.08. The summed E-state index contributed by atoms with van der Waals surface area (Å²) in [4.78, 5) is 28.3. The first-order valence-corrected chi connectivity index (χ1v) is 15.5. The molecular formula is C30H35Cl2N3O6S. The number of hydrogen-bond acceptors (Lipinski definition) is 6. The van der Waals surface area contributed by atoms with Crippen molar-refractivity contribution in [3.63, 3.8) is 0 Å². The van der Waals surface area contributed by atoms with Gasteiger partial charge in [-0.15, -0.1) is 0 Å². The number of halogens is 2. The molecular weight excluding hydrogens is 601 g/mol. The Kier molecular flexibility index (Phi) is 11.9. The van der Waals surface area contributed by atoms with Crippen LogP contribution in [0.5, 0.6) is 11.5 Å². The van der Waals surface area contributed by atoms with E-state index < -0.39 is 28.5 Å². The number of nitrogens with one attached hydrogen (secondary N) is 1. The summed E-state index contributed by atoms with van der Waals surface area (Å²) in [5, 5.41) is 3.66. The van der Waals surface area contributed by atoms with Crippen molar-refractivity contribution in [1.82, 2.24) is 10.2 Å². The predicted octanol–water partition coefficient (Wildman–Crippen LogP) is 5.54. The topological polar surface area (TPSA) is 105 Å². The fourth-order valence-corrected chi connectivity index (χ4v) is 5.92. The van der Waals surface area contributed by atoms with Crippen molar-refractivity contribution >= 4 is 50.7 Å². The summed E-state index contributed by atoms with van der Waals surface area (Å²) in [6.07, 6.45) is 1.67. The summed E-state index contributed by atoms with van der Waals surface area (Å²) in [5.74, 6) is -0.408. The number of nitrogens with zero attached hydrogens (tertiary/aromatic N) is 2. The number of ether oxygens (including phenoxy) is 2. The first-order valence-electron chi connectivity index (χ1n) is 13.3. The van der Waals surface area contributed by atoms with Gasteiger partial charge in [-0.05, 0) is 61.4 Å². The van der Waals surface area contributed by atoms with Gasteiger partial charge >= 0.3 is 0 Å². The van der Waals surface area contributed by atoms with Gasteiger partial charge in [0.15, 0.2) is 11.5 Å². The molecule has 0 fully saturated rings. The smallest absolute Gasteiger partial charge is 0.264 e. The van der Waals surface area contributed by atoms with Gasteiger partial charge in [-0.3, -0.25) is 13.9 Å². The molecule has 0 saturated heterocycles. The predicted molar refractivity (Wildman–Crippen MR) is 165 cm³/mol. The van der Waals surface area contributed by atoms with Crippen LogP contribution in [-0.2, 0) is 26.2 Å². The van der Waals surface area contributed by atoms with Crippen molar-refractivity contribution in [2.24, 2.45) is 0 Å². The fraction of sp³-hybridized carbons (Fsp3) is 0.333. The molecule has 0 aliphatic carbocycles. The first kappa shape index (κ1) is 33.0. The van der Waals surface area contributed by atoms with Crippen LogP contribution in [0.25, 0.3) is 0 Å². The van der Waals surface area contributed by atoms with Gasteiger partial charge in [0.05, 0.1) is 24.8 Å². The lowest BCUT2D eigenvalue weighted by atomic mass is 10.1. The zero-order valence-corrected chi connectivity index (χ0v) is 26.3. The fourth-order valence-electron chi connectivity index (χ4n) is 4.17. The SMILES string of the molecule is CCCCNC(=O)[C@@H](C)N(Cc1ccccc1Cl)C(=O)CN(c1ccc(Cl)cc1)S(=O)(=O)c1ccc(OC)c(OC)c1. The second-order valence-electron chi connectivity index (χ2n) is 9.44. The van der Waals surface area contributed by atoms with Gasteiger partial charge in [0, 0.05) is 29.2 Å². The van der Waals surface area contributed by atoms with Crippen molar-refractivity contribution in [2.45, 2.75) is 44.2 Å². The zero-order valence-electron chi connectivity index (χ0n) is 24.0. The molecule has 3 aromatic carbocycles. The lowest BCUT2D eigenvalue weighted by Crippen LogP contribution is -2.51. The van der Waals surface area contributed by atoms with Crippen LogP contribution in [-0.4, -0.2) is 58.5 Å². The van der Waals surface area contributed by atoms with Crippen LogP contribution in [0.2, 0.25) is 10.0 Å². The number of rotatable bonds is 14. The van der Waals surface area contributed by atoms with E-state index in [9.17, 15) is 18.0 Å². The summed E-state index contributed by atoms with van der Waals surface area (Å²) in [5.41, 5.74) is 0.821. The molecule has 0 saturated carbocycles. The maximum Gasteiger partial charge on any atom is 0.264 e. The minimum absolute atomic E-state index is 0.00820. The summed E-state index contributed by atoms with van der Waals surface area (Å²) in [6, 6.07) is 16.3. The molecule has 0 spiro atoms. The normalized spacial score (nSPS) is 11.9. The molecule has 3 rings (SSSR count). The quantitative estimate of drug-likeness (QED) is 0.233. The number of carbonyl (C=O) groups is 2. The number of sulfonamides is 1. The molecule has 2 amide bonds. The third-order valence-electron chi connectivity index (χ3n) is 6.63. The maximum atomic E-state index is 14.1. The van der Waals surface area contributed by atoms with E-state index in [1.54, 1.807) is 31.2 Å². The molecule has 0 unspecified atom stereocenters. The van der Waals surface area contributed by atoms with Gasteiger partial charge in [0.25, 0.3) is 10.0 Å². The van der Waals surface area contributed by atoms with Gasteiger partial charge in [0.2, 0.25) is 11.8 Å². The molecule has 0 heterocycles. The van der Waals surface area contributed by atoms with Crippen LogP contribution in [0.1, 0.15) is 32.3 Å². The Hall–Kier alpha value is -3.47. The van der Waals surface area contributed by atoms with Crippen LogP contribution in [0.15, 0.2) is 71.6 Å². The monoisotopic (exact) mass is 635 g/mol. The number of amides is 2. The van der Waals surface area contributed by atoms with Crippen molar-refractivity contribution in [3.8, 4) is 11.5 Å². The average Bonchev–Trinajstić information content (AvgIpc) is 2.99. The highest BCUT2D eigenvalue weighted by Crippen LogP contribution is 2.33. The van der Waals surface area contributed by atoms with Crippen molar-refractivity contribution in [2.75, 3.05) is 31.6 Å². The van der Waals surface area contributed by atoms with E-state index >= 15 is 0 Å². The Bertz CT molecular complexity index is 1480. The summed E-state index contributed by atoms with van der Waals surface area (Å²) in [7, 11) is -1.48. The standard InChI is InChI=1S/C30H35Cl2N3O6S/c1-5-6-17-33-30(37)21(2)34(19-22-9-7-8-10-26(22)32)29(36)20-35(24-13-11-23(31)12-14-24)42(38,39)25-15-16-27(40-3)28(18-25)41-4/h7-16,18,21H,5-6,17,19-20H2,1-4H3,(H,33,37)/t21-/m1/s1. The Morgan fingerprint density at radius 3 is 2.24 bits per heavy atom. The molecule has 0 aromatic heterocycles. The Morgan fingerprint density at radius 2 is 1.62 bits per heavy atom. The second kappa shape index (κ2) is 15.1. The number of hydrogen-bond donors (Lipinski definition) is 1. The number of carbonyl (C=O) groups excluding carboxylic acids is 2. The maximum absolute atomic E-state index is 14.1. The van der Waals surface area contributed by atoms with Gasteiger partial charge in [0.1, 0.15) is 12.6 Å². The van der Waals surface area contributed by atoms with Crippen LogP contribution >= 0.6 is 23.2 Å². The van der Waals surface area contributed by atoms with Gasteiger partial charge in [-0.2, -0.15) is 0 Å². The number of unbranched alkanes of at least 4 members (excludes halogenated alkanes) is 1. The van der Waals surface area contributed by atoms with E-state index in [1.807, 2.05) is 6.92 Å².